The van der Waals surface area contributed by atoms with Crippen molar-refractivity contribution in [2.24, 2.45) is 5.73 Å². The van der Waals surface area contributed by atoms with Crippen LogP contribution in [0.4, 0.5) is 16.2 Å². The van der Waals surface area contributed by atoms with Gasteiger partial charge in [0, 0.05) is 30.1 Å². The average Bonchev–Trinajstić information content (AvgIpc) is 3.05. The summed E-state index contributed by atoms with van der Waals surface area (Å²) in [7, 11) is 0. The number of nitrogens with one attached hydrogen (secondary N) is 4. The Labute approximate surface area is 166 Å². The number of urea groups is 1. The van der Waals surface area contributed by atoms with Crippen LogP contribution in [0.15, 0.2) is 30.3 Å². The standard InChI is InChI=1S/C19H23N5O3S/c1-11(25)22-13-5-2-4-12(8-13)16-9-15(24-19(20)27)17(28-16)18(26)23-14-6-3-7-21-10-14/h2,4-5,8-9,14,21H,3,6-7,10H2,1H3,(H,22,25)(H,23,26)(H3,20,24,27)/t14-/m0/s1. The van der Waals surface area contributed by atoms with Crippen LogP contribution in [0, 0.1) is 0 Å². The summed E-state index contributed by atoms with van der Waals surface area (Å²) in [5.41, 5.74) is 7.12. The fraction of sp³-hybridized carbons (Fsp3) is 0.316. The van der Waals surface area contributed by atoms with Crippen LogP contribution in [-0.2, 0) is 4.79 Å². The number of hydrogen-bond donors (Lipinski definition) is 5. The van der Waals surface area contributed by atoms with Gasteiger partial charge in [0.15, 0.2) is 0 Å². The summed E-state index contributed by atoms with van der Waals surface area (Å²) in [5, 5.41) is 11.5. The highest BCUT2D eigenvalue weighted by Gasteiger charge is 2.22. The highest BCUT2D eigenvalue weighted by molar-refractivity contribution is 7.18. The summed E-state index contributed by atoms with van der Waals surface area (Å²) in [4.78, 5) is 36.6. The van der Waals surface area contributed by atoms with E-state index in [2.05, 4.69) is 21.3 Å². The third-order valence-corrected chi connectivity index (χ3v) is 5.48. The van der Waals surface area contributed by atoms with E-state index in [0.717, 1.165) is 36.4 Å². The van der Waals surface area contributed by atoms with Gasteiger partial charge < -0.3 is 27.0 Å². The van der Waals surface area contributed by atoms with Crippen molar-refractivity contribution >= 4 is 40.6 Å². The Morgan fingerprint density at radius 3 is 2.71 bits per heavy atom. The van der Waals surface area contributed by atoms with Crippen LogP contribution in [0.1, 0.15) is 29.4 Å². The second kappa shape index (κ2) is 8.85. The Bertz CT molecular complexity index is 889. The number of piperidine rings is 1. The number of benzene rings is 1. The lowest BCUT2D eigenvalue weighted by atomic mass is 10.1. The molecule has 8 nitrogen and oxygen atoms in total. The first-order valence-corrected chi connectivity index (χ1v) is 9.84. The molecular formula is C19H23N5O3S. The SMILES string of the molecule is CC(=O)Nc1cccc(-c2cc(NC(N)=O)c(C(=O)N[C@H]3CCCNC3)s2)c1. The number of carbonyl (C=O) groups excluding carboxylic acids is 3. The van der Waals surface area contributed by atoms with Crippen molar-refractivity contribution in [1.82, 2.24) is 10.6 Å². The molecule has 28 heavy (non-hydrogen) atoms. The summed E-state index contributed by atoms with van der Waals surface area (Å²) in [6.07, 6.45) is 1.91. The second-order valence-electron chi connectivity index (χ2n) is 6.62. The van der Waals surface area contributed by atoms with E-state index in [1.54, 1.807) is 12.1 Å². The molecule has 0 unspecified atom stereocenters. The molecule has 1 saturated heterocycles. The molecule has 1 fully saturated rings. The van der Waals surface area contributed by atoms with Gasteiger partial charge >= 0.3 is 6.03 Å². The van der Waals surface area contributed by atoms with E-state index in [1.165, 1.54) is 18.3 Å². The molecule has 6 N–H and O–H groups in total. The van der Waals surface area contributed by atoms with Gasteiger partial charge in [-0.15, -0.1) is 11.3 Å². The molecule has 0 aliphatic carbocycles. The van der Waals surface area contributed by atoms with Crippen molar-refractivity contribution < 1.29 is 14.4 Å². The van der Waals surface area contributed by atoms with E-state index in [0.29, 0.717) is 16.3 Å². The molecule has 4 amide bonds. The van der Waals surface area contributed by atoms with Gasteiger partial charge in [-0.1, -0.05) is 12.1 Å². The number of anilines is 2. The van der Waals surface area contributed by atoms with E-state index < -0.39 is 6.03 Å². The summed E-state index contributed by atoms with van der Waals surface area (Å²) in [6.45, 7) is 3.12. The van der Waals surface area contributed by atoms with E-state index in [-0.39, 0.29) is 17.9 Å². The highest BCUT2D eigenvalue weighted by Crippen LogP contribution is 2.36. The Balaban J connectivity index is 1.87. The second-order valence-corrected chi connectivity index (χ2v) is 7.67. The minimum atomic E-state index is -0.732. The number of thiophene rings is 1. The van der Waals surface area contributed by atoms with Crippen LogP contribution in [0.5, 0.6) is 0 Å². The van der Waals surface area contributed by atoms with Crippen molar-refractivity contribution in [2.75, 3.05) is 23.7 Å². The Hall–Kier alpha value is -2.91. The third kappa shape index (κ3) is 5.08. The smallest absolute Gasteiger partial charge is 0.316 e. The summed E-state index contributed by atoms with van der Waals surface area (Å²) < 4.78 is 0. The predicted molar refractivity (Wildman–Crippen MR) is 111 cm³/mol. The van der Waals surface area contributed by atoms with Gasteiger partial charge in [0.25, 0.3) is 5.91 Å². The summed E-state index contributed by atoms with van der Waals surface area (Å²) in [5.74, 6) is -0.410. The van der Waals surface area contributed by atoms with Crippen LogP contribution in [0.25, 0.3) is 10.4 Å². The molecule has 9 heteroatoms. The average molecular weight is 401 g/mol. The molecule has 1 aliphatic heterocycles. The number of hydrogen-bond acceptors (Lipinski definition) is 5. The lowest BCUT2D eigenvalue weighted by Crippen LogP contribution is -2.45. The molecule has 2 heterocycles. The molecule has 1 aromatic carbocycles. The minimum Gasteiger partial charge on any atom is -0.351 e. The quantitative estimate of drug-likeness (QED) is 0.527. The first-order valence-electron chi connectivity index (χ1n) is 9.02. The van der Waals surface area contributed by atoms with Crippen LogP contribution in [0.3, 0.4) is 0 Å². The minimum absolute atomic E-state index is 0.0522. The van der Waals surface area contributed by atoms with Crippen molar-refractivity contribution in [3.63, 3.8) is 0 Å². The monoisotopic (exact) mass is 401 g/mol. The lowest BCUT2D eigenvalue weighted by molar-refractivity contribution is -0.114. The van der Waals surface area contributed by atoms with Gasteiger partial charge in [-0.2, -0.15) is 0 Å². The third-order valence-electron chi connectivity index (χ3n) is 4.30. The van der Waals surface area contributed by atoms with Crippen molar-refractivity contribution in [3.8, 4) is 10.4 Å². The molecule has 1 aromatic heterocycles. The molecule has 0 saturated carbocycles. The molecule has 0 bridgehead atoms. The van der Waals surface area contributed by atoms with Crippen molar-refractivity contribution in [1.29, 1.82) is 0 Å². The molecule has 1 atom stereocenters. The molecule has 2 aromatic rings. The molecule has 1 aliphatic rings. The Kier molecular flexibility index (Phi) is 6.27. The van der Waals surface area contributed by atoms with Gasteiger partial charge in [-0.05, 0) is 43.1 Å². The zero-order valence-electron chi connectivity index (χ0n) is 15.5. The van der Waals surface area contributed by atoms with Gasteiger partial charge in [-0.25, -0.2) is 4.79 Å². The van der Waals surface area contributed by atoms with Crippen LogP contribution >= 0.6 is 11.3 Å². The number of amides is 4. The molecule has 3 rings (SSSR count). The molecular weight excluding hydrogens is 378 g/mol. The number of carbonyl (C=O) groups is 3. The van der Waals surface area contributed by atoms with Crippen molar-refractivity contribution in [2.45, 2.75) is 25.8 Å². The maximum Gasteiger partial charge on any atom is 0.316 e. The first kappa shape index (κ1) is 19.8. The van der Waals surface area contributed by atoms with Crippen LogP contribution < -0.4 is 27.0 Å². The normalized spacial score (nSPS) is 16.2. The largest absolute Gasteiger partial charge is 0.351 e. The predicted octanol–water partition coefficient (Wildman–Crippen LogP) is 2.35. The van der Waals surface area contributed by atoms with Crippen LogP contribution in [0.2, 0.25) is 0 Å². The van der Waals surface area contributed by atoms with Gasteiger partial charge in [0.05, 0.1) is 5.69 Å². The molecule has 0 spiro atoms. The lowest BCUT2D eigenvalue weighted by Gasteiger charge is -2.23. The fourth-order valence-electron chi connectivity index (χ4n) is 3.11. The van der Waals surface area contributed by atoms with Crippen molar-refractivity contribution in [3.05, 3.63) is 35.2 Å². The Morgan fingerprint density at radius 1 is 1.21 bits per heavy atom. The van der Waals surface area contributed by atoms with Gasteiger partial charge in [0.1, 0.15) is 4.88 Å². The zero-order chi connectivity index (χ0) is 20.1. The van der Waals surface area contributed by atoms with E-state index >= 15 is 0 Å². The van der Waals surface area contributed by atoms with Crippen LogP contribution in [-0.4, -0.2) is 37.0 Å². The summed E-state index contributed by atoms with van der Waals surface area (Å²) in [6, 6.07) is 8.32. The van der Waals surface area contributed by atoms with E-state index in [4.69, 9.17) is 5.73 Å². The highest BCUT2D eigenvalue weighted by atomic mass is 32.1. The fourth-order valence-corrected chi connectivity index (χ4v) is 4.12. The maximum atomic E-state index is 12.8. The maximum absolute atomic E-state index is 12.8. The van der Waals surface area contributed by atoms with Gasteiger partial charge in [-0.3, -0.25) is 9.59 Å². The summed E-state index contributed by atoms with van der Waals surface area (Å²) >= 11 is 1.26. The van der Waals surface area contributed by atoms with Gasteiger partial charge in [0.2, 0.25) is 5.91 Å². The Morgan fingerprint density at radius 2 is 2.04 bits per heavy atom. The van der Waals surface area contributed by atoms with E-state index in [9.17, 15) is 14.4 Å². The topological polar surface area (TPSA) is 125 Å². The van der Waals surface area contributed by atoms with E-state index in [1.807, 2.05) is 18.2 Å². The molecule has 148 valence electrons. The number of primary amides is 1. The number of rotatable bonds is 5. The zero-order valence-corrected chi connectivity index (χ0v) is 16.3. The molecule has 0 radical (unpaired) electrons. The first-order chi connectivity index (χ1) is 13.4. The number of nitrogens with two attached hydrogens (primary N) is 1.